The molecule has 1 saturated heterocycles. The van der Waals surface area contributed by atoms with Crippen LogP contribution in [0, 0.1) is 5.41 Å². The van der Waals surface area contributed by atoms with Crippen molar-refractivity contribution in [2.24, 2.45) is 5.41 Å². The summed E-state index contributed by atoms with van der Waals surface area (Å²) in [6.07, 6.45) is 9.20. The molecule has 2 fully saturated rings. The Bertz CT molecular complexity index is 132. The van der Waals surface area contributed by atoms with Gasteiger partial charge in [-0.3, -0.25) is 0 Å². The van der Waals surface area contributed by atoms with Crippen LogP contribution in [0.1, 0.15) is 45.4 Å². The zero-order chi connectivity index (χ0) is 7.73. The highest BCUT2D eigenvalue weighted by molar-refractivity contribution is 4.82. The maximum absolute atomic E-state index is 5.21. The minimum atomic E-state index is 0.646. The quantitative estimate of drug-likeness (QED) is 0.569. The van der Waals surface area contributed by atoms with Gasteiger partial charge in [-0.15, -0.1) is 0 Å². The Labute approximate surface area is 69.1 Å². The number of rotatable bonds is 3. The third kappa shape index (κ3) is 1.96. The van der Waals surface area contributed by atoms with Crippen LogP contribution in [0.5, 0.6) is 0 Å². The lowest BCUT2D eigenvalue weighted by molar-refractivity contribution is 0.276. The topological polar surface area (TPSA) is 12.5 Å². The Kier molecular flexibility index (Phi) is 1.92. The molecule has 64 valence electrons. The summed E-state index contributed by atoms with van der Waals surface area (Å²) in [5.74, 6) is 0. The minimum Gasteiger partial charge on any atom is -0.373 e. The van der Waals surface area contributed by atoms with Crippen molar-refractivity contribution in [2.75, 3.05) is 6.61 Å². The Balaban J connectivity index is 1.73. The van der Waals surface area contributed by atoms with Crippen LogP contribution in [0.2, 0.25) is 0 Å². The Morgan fingerprint density at radius 1 is 1.36 bits per heavy atom. The van der Waals surface area contributed by atoms with E-state index in [4.69, 9.17) is 4.74 Å². The zero-order valence-electron chi connectivity index (χ0n) is 7.44. The predicted molar refractivity (Wildman–Crippen MR) is 45.5 cm³/mol. The summed E-state index contributed by atoms with van der Waals surface area (Å²) < 4.78 is 5.21. The second-order valence-electron chi connectivity index (χ2n) is 4.51. The predicted octanol–water partition coefficient (Wildman–Crippen LogP) is 2.75. The average Bonchev–Trinajstić information content (AvgIpc) is 2.73. The zero-order valence-corrected chi connectivity index (χ0v) is 7.44. The van der Waals surface area contributed by atoms with Gasteiger partial charge in [0.1, 0.15) is 0 Å². The lowest BCUT2D eigenvalue weighted by Gasteiger charge is -2.22. The molecule has 0 radical (unpaired) electrons. The highest BCUT2D eigenvalue weighted by Crippen LogP contribution is 2.42. The molecule has 1 saturated carbocycles. The fourth-order valence-corrected chi connectivity index (χ4v) is 2.22. The number of ether oxygens (including phenoxy) is 1. The summed E-state index contributed by atoms with van der Waals surface area (Å²) >= 11 is 0. The van der Waals surface area contributed by atoms with Crippen LogP contribution in [-0.4, -0.2) is 12.7 Å². The fraction of sp³-hybridized carbons (Fsp3) is 1.00. The molecule has 1 heteroatoms. The van der Waals surface area contributed by atoms with Crippen LogP contribution in [0.3, 0.4) is 0 Å². The van der Waals surface area contributed by atoms with Gasteiger partial charge in [0.15, 0.2) is 0 Å². The highest BCUT2D eigenvalue weighted by Gasteiger charge is 2.31. The molecule has 0 aromatic heterocycles. The monoisotopic (exact) mass is 154 g/mol. The highest BCUT2D eigenvalue weighted by atomic mass is 16.6. The first kappa shape index (κ1) is 7.60. The van der Waals surface area contributed by atoms with Crippen LogP contribution in [0.15, 0.2) is 0 Å². The van der Waals surface area contributed by atoms with Gasteiger partial charge in [-0.05, 0) is 31.1 Å². The molecule has 0 spiro atoms. The van der Waals surface area contributed by atoms with Gasteiger partial charge in [-0.25, -0.2) is 0 Å². The van der Waals surface area contributed by atoms with E-state index in [0.717, 1.165) is 6.61 Å². The molecule has 1 nitrogen and oxygen atoms in total. The molecule has 1 aliphatic heterocycles. The van der Waals surface area contributed by atoms with Crippen molar-refractivity contribution in [1.29, 1.82) is 0 Å². The van der Waals surface area contributed by atoms with Crippen molar-refractivity contribution in [3.63, 3.8) is 0 Å². The molecule has 2 rings (SSSR count). The summed E-state index contributed by atoms with van der Waals surface area (Å²) in [4.78, 5) is 0. The molecule has 0 aromatic rings. The Morgan fingerprint density at radius 2 is 2.00 bits per heavy atom. The first-order valence-corrected chi connectivity index (χ1v) is 4.90. The molecular weight excluding hydrogens is 136 g/mol. The normalized spacial score (nSPS) is 34.1. The van der Waals surface area contributed by atoms with E-state index in [0.29, 0.717) is 11.5 Å². The van der Waals surface area contributed by atoms with Gasteiger partial charge >= 0.3 is 0 Å². The maximum Gasteiger partial charge on any atom is 0.0810 e. The average molecular weight is 154 g/mol. The van der Waals surface area contributed by atoms with Gasteiger partial charge in [0.05, 0.1) is 12.7 Å². The molecule has 0 bridgehead atoms. The summed E-state index contributed by atoms with van der Waals surface area (Å²) in [5.41, 5.74) is 0.686. The van der Waals surface area contributed by atoms with E-state index in [2.05, 4.69) is 6.92 Å². The molecule has 2 aliphatic rings. The van der Waals surface area contributed by atoms with Crippen molar-refractivity contribution in [3.05, 3.63) is 0 Å². The van der Waals surface area contributed by atoms with Crippen LogP contribution in [0.4, 0.5) is 0 Å². The SMILES string of the molecule is CC1(CCC2CO2)CCCC1. The van der Waals surface area contributed by atoms with E-state index in [1.807, 2.05) is 0 Å². The second-order valence-corrected chi connectivity index (χ2v) is 4.51. The molecule has 1 unspecified atom stereocenters. The van der Waals surface area contributed by atoms with Gasteiger partial charge < -0.3 is 4.74 Å². The van der Waals surface area contributed by atoms with Crippen LogP contribution < -0.4 is 0 Å². The smallest absolute Gasteiger partial charge is 0.0810 e. The van der Waals surface area contributed by atoms with Crippen molar-refractivity contribution in [3.8, 4) is 0 Å². The molecule has 0 N–H and O–H groups in total. The standard InChI is InChI=1S/C10H18O/c1-10(5-2-3-6-10)7-4-9-8-11-9/h9H,2-8H2,1H3. The fourth-order valence-electron chi connectivity index (χ4n) is 2.22. The first-order chi connectivity index (χ1) is 5.29. The summed E-state index contributed by atoms with van der Waals surface area (Å²) in [7, 11) is 0. The van der Waals surface area contributed by atoms with E-state index >= 15 is 0 Å². The largest absolute Gasteiger partial charge is 0.373 e. The molecule has 0 amide bonds. The van der Waals surface area contributed by atoms with Crippen molar-refractivity contribution in [1.82, 2.24) is 0 Å². The van der Waals surface area contributed by atoms with Crippen LogP contribution in [0.25, 0.3) is 0 Å². The number of hydrogen-bond acceptors (Lipinski definition) is 1. The van der Waals surface area contributed by atoms with Gasteiger partial charge in [-0.2, -0.15) is 0 Å². The lowest BCUT2D eigenvalue weighted by Crippen LogP contribution is -2.11. The summed E-state index contributed by atoms with van der Waals surface area (Å²) in [6.45, 7) is 3.48. The van der Waals surface area contributed by atoms with Crippen molar-refractivity contribution >= 4 is 0 Å². The molecule has 1 aliphatic carbocycles. The van der Waals surface area contributed by atoms with Crippen molar-refractivity contribution in [2.45, 2.75) is 51.6 Å². The van der Waals surface area contributed by atoms with Crippen LogP contribution >= 0.6 is 0 Å². The Morgan fingerprint density at radius 3 is 2.55 bits per heavy atom. The van der Waals surface area contributed by atoms with Gasteiger partial charge in [-0.1, -0.05) is 19.8 Å². The van der Waals surface area contributed by atoms with Gasteiger partial charge in [0.25, 0.3) is 0 Å². The lowest BCUT2D eigenvalue weighted by atomic mass is 9.83. The summed E-state index contributed by atoms with van der Waals surface area (Å²) in [5, 5.41) is 0. The van der Waals surface area contributed by atoms with E-state index in [1.54, 1.807) is 0 Å². The molecule has 11 heavy (non-hydrogen) atoms. The second kappa shape index (κ2) is 2.78. The van der Waals surface area contributed by atoms with E-state index in [1.165, 1.54) is 38.5 Å². The maximum atomic E-state index is 5.21. The van der Waals surface area contributed by atoms with E-state index in [-0.39, 0.29) is 0 Å². The van der Waals surface area contributed by atoms with Gasteiger partial charge in [0.2, 0.25) is 0 Å². The molecular formula is C10H18O. The summed E-state index contributed by atoms with van der Waals surface area (Å²) in [6, 6.07) is 0. The first-order valence-electron chi connectivity index (χ1n) is 4.90. The van der Waals surface area contributed by atoms with E-state index < -0.39 is 0 Å². The molecule has 1 heterocycles. The van der Waals surface area contributed by atoms with Crippen molar-refractivity contribution < 1.29 is 4.74 Å². The number of epoxide rings is 1. The third-order valence-electron chi connectivity index (χ3n) is 3.28. The number of hydrogen-bond donors (Lipinski definition) is 0. The van der Waals surface area contributed by atoms with E-state index in [9.17, 15) is 0 Å². The van der Waals surface area contributed by atoms with Gasteiger partial charge in [0, 0.05) is 0 Å². The Hall–Kier alpha value is -0.0400. The third-order valence-corrected chi connectivity index (χ3v) is 3.28. The molecule has 1 atom stereocenters. The van der Waals surface area contributed by atoms with Crippen LogP contribution in [-0.2, 0) is 4.74 Å². The molecule has 0 aromatic carbocycles. The minimum absolute atomic E-state index is 0.646.